The molecule has 34 heavy (non-hydrogen) atoms. The van der Waals surface area contributed by atoms with Crippen molar-refractivity contribution in [3.05, 3.63) is 0 Å². The highest BCUT2D eigenvalue weighted by Crippen LogP contribution is 2.68. The van der Waals surface area contributed by atoms with E-state index in [9.17, 15) is 18.0 Å². The summed E-state index contributed by atoms with van der Waals surface area (Å²) < 4.78 is 43.0. The SMILES string of the molecule is CC(C)CCC[C@@H](C)[C@@H]1CC[C@@H]2[C@@H]3CC[C@H]4C[C@H](OC(=O)C(F)(F)F)CC[C@]4(C)[C@@H]3CC[C@]21C. The molecular formula is C29H47F3O2. The molecule has 0 aromatic carbocycles. The number of hydrogen-bond acceptors (Lipinski definition) is 2. The van der Waals surface area contributed by atoms with Crippen LogP contribution in [0.5, 0.6) is 0 Å². The van der Waals surface area contributed by atoms with Crippen molar-refractivity contribution in [2.45, 2.75) is 124 Å². The van der Waals surface area contributed by atoms with Gasteiger partial charge in [-0.3, -0.25) is 0 Å². The van der Waals surface area contributed by atoms with Crippen molar-refractivity contribution in [3.63, 3.8) is 0 Å². The van der Waals surface area contributed by atoms with Gasteiger partial charge in [-0.15, -0.1) is 0 Å². The number of halogens is 3. The molecule has 0 spiro atoms. The van der Waals surface area contributed by atoms with E-state index in [2.05, 4.69) is 34.6 Å². The van der Waals surface area contributed by atoms with Crippen LogP contribution in [0.4, 0.5) is 13.2 Å². The second kappa shape index (κ2) is 9.61. The Bertz CT molecular complexity index is 733. The summed E-state index contributed by atoms with van der Waals surface area (Å²) in [5.41, 5.74) is 0.646. The van der Waals surface area contributed by atoms with Gasteiger partial charge in [-0.05, 0) is 110 Å². The Balaban J connectivity index is 1.41. The molecule has 0 amide bonds. The van der Waals surface area contributed by atoms with E-state index in [0.717, 1.165) is 42.4 Å². The molecule has 0 heterocycles. The highest BCUT2D eigenvalue weighted by Gasteiger charge is 2.61. The molecular weight excluding hydrogens is 437 g/mol. The maximum atomic E-state index is 12.7. The fraction of sp³-hybridized carbons (Fsp3) is 0.966. The lowest BCUT2D eigenvalue weighted by Gasteiger charge is -2.61. The molecule has 0 aromatic heterocycles. The predicted molar refractivity (Wildman–Crippen MR) is 129 cm³/mol. The van der Waals surface area contributed by atoms with Crippen LogP contribution >= 0.6 is 0 Å². The smallest absolute Gasteiger partial charge is 0.456 e. The van der Waals surface area contributed by atoms with Gasteiger partial charge in [0.2, 0.25) is 0 Å². The average molecular weight is 485 g/mol. The third-order valence-electron chi connectivity index (χ3n) is 11.3. The van der Waals surface area contributed by atoms with Gasteiger partial charge in [0.1, 0.15) is 6.10 Å². The first kappa shape index (κ1) is 26.3. The standard InChI is InChI=1S/C29H47F3O2/c1-18(2)7-6-8-19(3)23-11-12-24-22-10-9-20-17-21(34-26(33)29(30,31)32)13-15-27(20,4)25(22)14-16-28(23,24)5/h18-25H,6-17H2,1-5H3/t19-,20+,21-,22+,23+,24-,25-,27+,28+/m1/s1. The summed E-state index contributed by atoms with van der Waals surface area (Å²) in [4.78, 5) is 11.4. The van der Waals surface area contributed by atoms with Crippen LogP contribution in [-0.2, 0) is 9.53 Å². The Labute approximate surface area is 205 Å². The molecule has 0 saturated heterocycles. The van der Waals surface area contributed by atoms with E-state index in [4.69, 9.17) is 4.74 Å². The molecule has 4 saturated carbocycles. The molecule has 0 bridgehead atoms. The number of carbonyl (C=O) groups is 1. The van der Waals surface area contributed by atoms with E-state index >= 15 is 0 Å². The fourth-order valence-corrected chi connectivity index (χ4v) is 9.57. The lowest BCUT2D eigenvalue weighted by atomic mass is 9.44. The van der Waals surface area contributed by atoms with Gasteiger partial charge in [-0.1, -0.05) is 53.9 Å². The molecule has 0 N–H and O–H groups in total. The zero-order valence-corrected chi connectivity index (χ0v) is 22.1. The monoisotopic (exact) mass is 484 g/mol. The second-order valence-electron chi connectivity index (χ2n) is 13.5. The van der Waals surface area contributed by atoms with Gasteiger partial charge in [-0.25, -0.2) is 4.79 Å². The minimum atomic E-state index is -4.89. The van der Waals surface area contributed by atoms with Gasteiger partial charge in [0.15, 0.2) is 0 Å². The average Bonchev–Trinajstić information content (AvgIpc) is 3.10. The topological polar surface area (TPSA) is 26.3 Å². The number of fused-ring (bicyclic) bond motifs is 5. The lowest BCUT2D eigenvalue weighted by molar-refractivity contribution is -0.210. The molecule has 4 aliphatic rings. The number of alkyl halides is 3. The van der Waals surface area contributed by atoms with Crippen molar-refractivity contribution in [1.29, 1.82) is 0 Å². The largest absolute Gasteiger partial charge is 0.490 e. The van der Waals surface area contributed by atoms with Crippen LogP contribution in [0.2, 0.25) is 0 Å². The van der Waals surface area contributed by atoms with Crippen molar-refractivity contribution in [1.82, 2.24) is 0 Å². The molecule has 0 aliphatic heterocycles. The van der Waals surface area contributed by atoms with Crippen molar-refractivity contribution >= 4 is 5.97 Å². The summed E-state index contributed by atoms with van der Waals surface area (Å²) in [5, 5.41) is 0. The lowest BCUT2D eigenvalue weighted by Crippen LogP contribution is -2.54. The van der Waals surface area contributed by atoms with E-state index in [-0.39, 0.29) is 5.41 Å². The Kier molecular flexibility index (Phi) is 7.44. The number of rotatable bonds is 6. The summed E-state index contributed by atoms with van der Waals surface area (Å²) in [5.74, 6) is 3.05. The first-order chi connectivity index (χ1) is 15.9. The van der Waals surface area contributed by atoms with E-state index in [0.29, 0.717) is 30.1 Å². The minimum absolute atomic E-state index is 0.187. The van der Waals surface area contributed by atoms with E-state index in [1.807, 2.05) is 0 Å². The molecule has 196 valence electrons. The quantitative estimate of drug-likeness (QED) is 0.353. The normalized spacial score (nSPS) is 43.1. The van der Waals surface area contributed by atoms with Crippen LogP contribution in [-0.4, -0.2) is 18.2 Å². The van der Waals surface area contributed by atoms with E-state index in [1.165, 1.54) is 51.4 Å². The number of esters is 1. The molecule has 2 nitrogen and oxygen atoms in total. The molecule has 4 rings (SSSR count). The summed E-state index contributed by atoms with van der Waals surface area (Å²) in [6, 6.07) is 0. The Morgan fingerprint density at radius 3 is 2.26 bits per heavy atom. The first-order valence-corrected chi connectivity index (χ1v) is 14.1. The van der Waals surface area contributed by atoms with Crippen LogP contribution in [0.3, 0.4) is 0 Å². The maximum Gasteiger partial charge on any atom is 0.490 e. The number of carbonyl (C=O) groups excluding carboxylic acids is 1. The van der Waals surface area contributed by atoms with Crippen molar-refractivity contribution in [2.24, 2.45) is 52.3 Å². The molecule has 0 aromatic rings. The number of ether oxygens (including phenoxy) is 1. The van der Waals surface area contributed by atoms with Gasteiger partial charge in [0.25, 0.3) is 0 Å². The third kappa shape index (κ3) is 4.80. The molecule has 0 unspecified atom stereocenters. The Morgan fingerprint density at radius 1 is 0.912 bits per heavy atom. The van der Waals surface area contributed by atoms with Gasteiger partial charge in [0, 0.05) is 0 Å². The van der Waals surface area contributed by atoms with Gasteiger partial charge < -0.3 is 4.74 Å². The third-order valence-corrected chi connectivity index (χ3v) is 11.3. The number of hydrogen-bond donors (Lipinski definition) is 0. The van der Waals surface area contributed by atoms with Crippen molar-refractivity contribution in [3.8, 4) is 0 Å². The van der Waals surface area contributed by atoms with Crippen LogP contribution in [0.15, 0.2) is 0 Å². The fourth-order valence-electron chi connectivity index (χ4n) is 9.57. The maximum absolute atomic E-state index is 12.7. The zero-order chi connectivity index (χ0) is 24.9. The summed E-state index contributed by atoms with van der Waals surface area (Å²) in [7, 11) is 0. The van der Waals surface area contributed by atoms with Crippen molar-refractivity contribution < 1.29 is 22.7 Å². The molecule has 5 heteroatoms. The summed E-state index contributed by atoms with van der Waals surface area (Å²) >= 11 is 0. The second-order valence-corrected chi connectivity index (χ2v) is 13.5. The minimum Gasteiger partial charge on any atom is -0.456 e. The van der Waals surface area contributed by atoms with Gasteiger partial charge in [0.05, 0.1) is 0 Å². The molecule has 9 atom stereocenters. The van der Waals surface area contributed by atoms with Crippen molar-refractivity contribution in [2.75, 3.05) is 0 Å². The van der Waals surface area contributed by atoms with Crippen LogP contribution in [0, 0.1) is 52.3 Å². The Hall–Kier alpha value is -0.740. The van der Waals surface area contributed by atoms with Crippen LogP contribution in [0.1, 0.15) is 112 Å². The zero-order valence-electron chi connectivity index (χ0n) is 22.1. The highest BCUT2D eigenvalue weighted by atomic mass is 19.4. The van der Waals surface area contributed by atoms with Crippen LogP contribution < -0.4 is 0 Å². The van der Waals surface area contributed by atoms with Gasteiger partial charge in [-0.2, -0.15) is 13.2 Å². The van der Waals surface area contributed by atoms with Crippen LogP contribution in [0.25, 0.3) is 0 Å². The molecule has 4 fully saturated rings. The summed E-state index contributed by atoms with van der Waals surface area (Å²) in [6.07, 6.45) is 8.28. The highest BCUT2D eigenvalue weighted by molar-refractivity contribution is 5.75. The Morgan fingerprint density at radius 2 is 1.59 bits per heavy atom. The van der Waals surface area contributed by atoms with Gasteiger partial charge >= 0.3 is 12.1 Å². The van der Waals surface area contributed by atoms with E-state index < -0.39 is 18.2 Å². The molecule has 4 aliphatic carbocycles. The summed E-state index contributed by atoms with van der Waals surface area (Å²) in [6.45, 7) is 12.2. The van der Waals surface area contributed by atoms with E-state index in [1.54, 1.807) is 0 Å². The molecule has 0 radical (unpaired) electrons. The predicted octanol–water partition coefficient (Wildman–Crippen LogP) is 8.58. The first-order valence-electron chi connectivity index (χ1n) is 14.1.